The van der Waals surface area contributed by atoms with Crippen molar-refractivity contribution in [2.45, 2.75) is 44.8 Å². The van der Waals surface area contributed by atoms with Gasteiger partial charge in [0.25, 0.3) is 0 Å². The summed E-state index contributed by atoms with van der Waals surface area (Å²) in [7, 11) is 0. The predicted molar refractivity (Wildman–Crippen MR) is 108 cm³/mol. The lowest BCUT2D eigenvalue weighted by Gasteiger charge is -2.32. The molecule has 0 spiro atoms. The van der Waals surface area contributed by atoms with E-state index in [4.69, 9.17) is 16.3 Å². The zero-order valence-corrected chi connectivity index (χ0v) is 16.6. The van der Waals surface area contributed by atoms with Gasteiger partial charge in [-0.1, -0.05) is 17.7 Å². The van der Waals surface area contributed by atoms with Crippen LogP contribution in [0.5, 0.6) is 5.88 Å². The molecule has 2 fully saturated rings. The molecule has 1 aliphatic carbocycles. The molecule has 146 valence electrons. The number of pyridine rings is 2. The van der Waals surface area contributed by atoms with E-state index >= 15 is 0 Å². The highest BCUT2D eigenvalue weighted by Gasteiger charge is 2.25. The molecule has 0 aromatic carbocycles. The molecule has 4 heterocycles. The zero-order chi connectivity index (χ0) is 18.9. The van der Waals surface area contributed by atoms with E-state index in [9.17, 15) is 0 Å². The van der Waals surface area contributed by atoms with Gasteiger partial charge in [0.2, 0.25) is 5.88 Å². The van der Waals surface area contributed by atoms with Crippen molar-refractivity contribution in [1.29, 1.82) is 0 Å². The lowest BCUT2D eigenvalue weighted by molar-refractivity contribution is 0.0932. The molecular weight excluding hydrogens is 374 g/mol. The number of halogens is 1. The van der Waals surface area contributed by atoms with Crippen molar-refractivity contribution >= 4 is 17.2 Å². The Hall–Kier alpha value is -2.18. The number of hydrogen-bond acceptors (Lipinski definition) is 5. The second-order valence-electron chi connectivity index (χ2n) is 7.87. The van der Waals surface area contributed by atoms with Gasteiger partial charge in [0, 0.05) is 44.5 Å². The SMILES string of the molecule is Clc1c(CN2CCC(Oc3ccccn3)CC2)ccn2c(CC3CC3)nnc12. The van der Waals surface area contributed by atoms with Crippen LogP contribution in [0.25, 0.3) is 5.65 Å². The largest absolute Gasteiger partial charge is 0.474 e. The van der Waals surface area contributed by atoms with Crippen LogP contribution in [0.15, 0.2) is 36.7 Å². The Morgan fingerprint density at radius 1 is 1.07 bits per heavy atom. The summed E-state index contributed by atoms with van der Waals surface area (Å²) in [4.78, 5) is 6.68. The monoisotopic (exact) mass is 397 g/mol. The number of piperidine rings is 1. The lowest BCUT2D eigenvalue weighted by Crippen LogP contribution is -2.38. The average molecular weight is 398 g/mol. The van der Waals surface area contributed by atoms with Crippen LogP contribution in [0.4, 0.5) is 0 Å². The third-order valence-corrected chi connectivity index (χ3v) is 6.10. The number of nitrogens with zero attached hydrogens (tertiary/aromatic N) is 5. The number of rotatable bonds is 6. The molecule has 0 bridgehead atoms. The fraction of sp³-hybridized carbons (Fsp3) is 0.476. The van der Waals surface area contributed by atoms with Crippen LogP contribution in [0, 0.1) is 5.92 Å². The first-order chi connectivity index (χ1) is 13.8. The Kier molecular flexibility index (Phi) is 4.91. The summed E-state index contributed by atoms with van der Waals surface area (Å²) in [5.41, 5.74) is 1.90. The van der Waals surface area contributed by atoms with E-state index in [-0.39, 0.29) is 6.10 Å². The van der Waals surface area contributed by atoms with Gasteiger partial charge in [0.1, 0.15) is 11.9 Å². The molecule has 1 saturated carbocycles. The van der Waals surface area contributed by atoms with Gasteiger partial charge in [-0.15, -0.1) is 10.2 Å². The Bertz CT molecular complexity index is 948. The van der Waals surface area contributed by atoms with E-state index in [0.29, 0.717) is 5.88 Å². The summed E-state index contributed by atoms with van der Waals surface area (Å²) in [6.07, 6.45) is 9.67. The first kappa shape index (κ1) is 17.9. The Labute approximate surface area is 169 Å². The normalized spacial score (nSPS) is 18.6. The van der Waals surface area contributed by atoms with Crippen molar-refractivity contribution in [2.24, 2.45) is 5.92 Å². The number of aromatic nitrogens is 4. The quantitative estimate of drug-likeness (QED) is 0.633. The maximum atomic E-state index is 6.68. The maximum absolute atomic E-state index is 6.68. The van der Waals surface area contributed by atoms with Crippen LogP contribution in [0.2, 0.25) is 5.02 Å². The Morgan fingerprint density at radius 2 is 1.93 bits per heavy atom. The van der Waals surface area contributed by atoms with E-state index in [1.165, 1.54) is 12.8 Å². The molecule has 1 saturated heterocycles. The third-order valence-electron chi connectivity index (χ3n) is 5.69. The standard InChI is InChI=1S/C21H24ClN5O/c22-20-16(6-12-27-18(13-15-4-5-15)24-25-21(20)27)14-26-10-7-17(8-11-26)28-19-3-1-2-9-23-19/h1-3,6,9,12,15,17H,4-5,7-8,10-11,13-14H2. The van der Waals surface area contributed by atoms with Gasteiger partial charge in [-0.3, -0.25) is 9.30 Å². The second-order valence-corrected chi connectivity index (χ2v) is 8.25. The number of fused-ring (bicyclic) bond motifs is 1. The van der Waals surface area contributed by atoms with E-state index in [2.05, 4.69) is 36.7 Å². The highest BCUT2D eigenvalue weighted by Crippen LogP contribution is 2.33. The minimum atomic E-state index is 0.227. The fourth-order valence-corrected chi connectivity index (χ4v) is 4.12. The topological polar surface area (TPSA) is 55.5 Å². The van der Waals surface area contributed by atoms with E-state index in [1.807, 2.05) is 18.2 Å². The number of ether oxygens (including phenoxy) is 1. The summed E-state index contributed by atoms with van der Waals surface area (Å²) in [5.74, 6) is 2.52. The third kappa shape index (κ3) is 3.84. The van der Waals surface area contributed by atoms with E-state index in [0.717, 1.165) is 66.9 Å². The van der Waals surface area contributed by atoms with Crippen molar-refractivity contribution in [1.82, 2.24) is 24.5 Å². The summed E-state index contributed by atoms with van der Waals surface area (Å²) < 4.78 is 8.04. The molecule has 0 unspecified atom stereocenters. The first-order valence-corrected chi connectivity index (χ1v) is 10.4. The molecule has 0 atom stereocenters. The van der Waals surface area contributed by atoms with Crippen LogP contribution in [-0.2, 0) is 13.0 Å². The summed E-state index contributed by atoms with van der Waals surface area (Å²) in [6, 6.07) is 7.89. The summed E-state index contributed by atoms with van der Waals surface area (Å²) >= 11 is 6.68. The van der Waals surface area contributed by atoms with Crippen molar-refractivity contribution < 1.29 is 4.74 Å². The van der Waals surface area contributed by atoms with Crippen LogP contribution >= 0.6 is 11.6 Å². The molecular formula is C21H24ClN5O. The lowest BCUT2D eigenvalue weighted by atomic mass is 10.1. The van der Waals surface area contributed by atoms with Gasteiger partial charge in [-0.25, -0.2) is 4.98 Å². The summed E-state index contributed by atoms with van der Waals surface area (Å²) in [6.45, 7) is 2.80. The van der Waals surface area contributed by atoms with Gasteiger partial charge < -0.3 is 4.74 Å². The number of hydrogen-bond donors (Lipinski definition) is 0. The fourth-order valence-electron chi connectivity index (χ4n) is 3.87. The van der Waals surface area contributed by atoms with Crippen molar-refractivity contribution in [3.63, 3.8) is 0 Å². The Morgan fingerprint density at radius 3 is 2.68 bits per heavy atom. The molecule has 7 heteroatoms. The van der Waals surface area contributed by atoms with Crippen molar-refractivity contribution in [3.05, 3.63) is 53.1 Å². The van der Waals surface area contributed by atoms with E-state index in [1.54, 1.807) is 6.20 Å². The highest BCUT2D eigenvalue weighted by molar-refractivity contribution is 6.34. The van der Waals surface area contributed by atoms with Gasteiger partial charge in [-0.05, 0) is 49.3 Å². The molecule has 0 amide bonds. The van der Waals surface area contributed by atoms with Crippen LogP contribution in [0.1, 0.15) is 37.1 Å². The molecule has 0 N–H and O–H groups in total. The minimum absolute atomic E-state index is 0.227. The van der Waals surface area contributed by atoms with Crippen molar-refractivity contribution in [2.75, 3.05) is 13.1 Å². The molecule has 1 aliphatic heterocycles. The maximum Gasteiger partial charge on any atom is 0.213 e. The zero-order valence-electron chi connectivity index (χ0n) is 15.8. The Balaban J connectivity index is 1.22. The predicted octanol–water partition coefficient (Wildman–Crippen LogP) is 3.77. The molecule has 6 nitrogen and oxygen atoms in total. The second kappa shape index (κ2) is 7.68. The van der Waals surface area contributed by atoms with Crippen molar-refractivity contribution in [3.8, 4) is 5.88 Å². The molecule has 5 rings (SSSR count). The summed E-state index contributed by atoms with van der Waals surface area (Å²) in [5, 5.41) is 9.44. The molecule has 28 heavy (non-hydrogen) atoms. The van der Waals surface area contributed by atoms with Gasteiger partial charge >= 0.3 is 0 Å². The van der Waals surface area contributed by atoms with E-state index < -0.39 is 0 Å². The van der Waals surface area contributed by atoms with Gasteiger partial charge in [0.05, 0.1) is 5.02 Å². The van der Waals surface area contributed by atoms with Crippen LogP contribution in [-0.4, -0.2) is 43.7 Å². The van der Waals surface area contributed by atoms with Gasteiger partial charge in [0.15, 0.2) is 5.65 Å². The molecule has 2 aliphatic rings. The van der Waals surface area contributed by atoms with Crippen LogP contribution < -0.4 is 4.74 Å². The molecule has 3 aromatic heterocycles. The molecule has 3 aromatic rings. The highest BCUT2D eigenvalue weighted by atomic mass is 35.5. The van der Waals surface area contributed by atoms with Gasteiger partial charge in [-0.2, -0.15) is 0 Å². The average Bonchev–Trinajstić information content (AvgIpc) is 3.45. The van der Waals surface area contributed by atoms with Crippen LogP contribution in [0.3, 0.4) is 0 Å². The first-order valence-electron chi connectivity index (χ1n) is 10.1. The number of likely N-dealkylation sites (tertiary alicyclic amines) is 1. The smallest absolute Gasteiger partial charge is 0.213 e. The minimum Gasteiger partial charge on any atom is -0.474 e. The molecule has 0 radical (unpaired) electrons.